The minimum atomic E-state index is -0.286. The third kappa shape index (κ3) is 3.50. The number of anilines is 4. The van der Waals surface area contributed by atoms with E-state index < -0.39 is 0 Å². The molecule has 183 valence electrons. The van der Waals surface area contributed by atoms with Crippen LogP contribution >= 0.6 is 0 Å². The van der Waals surface area contributed by atoms with Crippen molar-refractivity contribution in [1.29, 1.82) is 0 Å². The van der Waals surface area contributed by atoms with Gasteiger partial charge in [0.25, 0.3) is 0 Å². The molecule has 0 saturated heterocycles. The number of hydrogen-bond acceptors (Lipinski definition) is 2. The highest BCUT2D eigenvalue weighted by atomic mass is 16.5. The van der Waals surface area contributed by atoms with Crippen LogP contribution in [0, 0.1) is 0 Å². The van der Waals surface area contributed by atoms with Gasteiger partial charge in [-0.3, -0.25) is 0 Å². The molecule has 0 amide bonds. The predicted molar refractivity (Wildman–Crippen MR) is 147 cm³/mol. The summed E-state index contributed by atoms with van der Waals surface area (Å²) in [6, 6.07) is 17.5. The van der Waals surface area contributed by atoms with Crippen LogP contribution in [0.3, 0.4) is 0 Å². The summed E-state index contributed by atoms with van der Waals surface area (Å²) in [5.74, 6) is 0. The topological polar surface area (TPSA) is 35.2 Å². The van der Waals surface area contributed by atoms with Gasteiger partial charge in [-0.15, -0.1) is 0 Å². The second-order valence-electron chi connectivity index (χ2n) is 13.6. The van der Waals surface area contributed by atoms with Crippen LogP contribution in [0.25, 0.3) is 0 Å². The van der Waals surface area contributed by atoms with Gasteiger partial charge in [0.1, 0.15) is 0 Å². The molecule has 0 fully saturated rings. The van der Waals surface area contributed by atoms with Crippen LogP contribution in [-0.2, 0) is 26.9 Å². The van der Waals surface area contributed by atoms with Crippen molar-refractivity contribution in [3.05, 3.63) is 81.9 Å². The predicted octanol–water partition coefficient (Wildman–Crippen LogP) is 8.79. The van der Waals surface area contributed by atoms with E-state index in [0.717, 1.165) is 38.9 Å². The van der Waals surface area contributed by atoms with Gasteiger partial charge < -0.3 is 5.32 Å². The van der Waals surface area contributed by atoms with Gasteiger partial charge in [-0.05, 0) is 68.5 Å². The molecule has 1 radical (unpaired) electrons. The van der Waals surface area contributed by atoms with Crippen LogP contribution in [0.15, 0.2) is 48.5 Å². The Morgan fingerprint density at radius 2 is 1.09 bits per heavy atom. The molecule has 35 heavy (non-hydrogen) atoms. The molecule has 3 heteroatoms. The first kappa shape index (κ1) is 23.9. The number of hydrogen-bond donors (Lipinski definition) is 1. The Morgan fingerprint density at radius 3 is 1.69 bits per heavy atom. The lowest BCUT2D eigenvalue weighted by Gasteiger charge is -2.42. The molecule has 0 unspecified atom stereocenters. The zero-order chi connectivity index (χ0) is 25.7. The maximum absolute atomic E-state index is 13.7. The Morgan fingerprint density at radius 1 is 0.600 bits per heavy atom. The number of benzene rings is 3. The van der Waals surface area contributed by atoms with E-state index in [9.17, 15) is 5.21 Å². The highest BCUT2D eigenvalue weighted by Crippen LogP contribution is 2.54. The van der Waals surface area contributed by atoms with Crippen molar-refractivity contribution >= 4 is 22.7 Å². The first-order chi connectivity index (χ1) is 16.0. The Hall–Kier alpha value is -2.78. The minimum absolute atomic E-state index is 0.0232. The number of nitrogens with one attached hydrogen (secondary N) is 1. The van der Waals surface area contributed by atoms with Crippen LogP contribution in [0.2, 0.25) is 0 Å². The van der Waals surface area contributed by atoms with E-state index in [0.29, 0.717) is 0 Å². The molecule has 3 aromatic rings. The maximum atomic E-state index is 13.7. The van der Waals surface area contributed by atoms with Crippen molar-refractivity contribution < 1.29 is 5.21 Å². The van der Waals surface area contributed by atoms with Crippen LogP contribution in [0.4, 0.5) is 22.7 Å². The Labute approximate surface area is 211 Å². The summed E-state index contributed by atoms with van der Waals surface area (Å²) in [5, 5.41) is 18.5. The molecule has 0 atom stereocenters. The van der Waals surface area contributed by atoms with Crippen molar-refractivity contribution in [1.82, 2.24) is 0 Å². The normalized spacial score (nSPS) is 17.6. The average molecular weight is 468 g/mol. The van der Waals surface area contributed by atoms with Gasteiger partial charge >= 0.3 is 0 Å². The smallest absolute Gasteiger partial charge is 0.0788 e. The van der Waals surface area contributed by atoms with Gasteiger partial charge in [-0.2, -0.15) is 5.06 Å². The highest BCUT2D eigenvalue weighted by molar-refractivity contribution is 5.84. The molecular weight excluding hydrogens is 428 g/mol. The molecular formula is C32H39N2O. The zero-order valence-electron chi connectivity index (χ0n) is 23.0. The van der Waals surface area contributed by atoms with Gasteiger partial charge in [0.05, 0.1) is 11.4 Å². The lowest BCUT2D eigenvalue weighted by molar-refractivity contribution is 0.191. The van der Waals surface area contributed by atoms with Crippen LogP contribution < -0.4 is 10.4 Å². The van der Waals surface area contributed by atoms with Crippen molar-refractivity contribution in [2.24, 2.45) is 0 Å². The van der Waals surface area contributed by atoms with Crippen LogP contribution in [-0.4, -0.2) is 0 Å². The molecule has 2 heterocycles. The zero-order valence-corrected chi connectivity index (χ0v) is 23.0. The molecule has 0 bridgehead atoms. The van der Waals surface area contributed by atoms with E-state index in [1.165, 1.54) is 22.3 Å². The van der Waals surface area contributed by atoms with Crippen molar-refractivity contribution in [3.63, 3.8) is 0 Å². The van der Waals surface area contributed by atoms with Gasteiger partial charge in [-0.1, -0.05) is 98.7 Å². The van der Waals surface area contributed by atoms with E-state index in [2.05, 4.69) is 117 Å². The lowest BCUT2D eigenvalue weighted by Crippen LogP contribution is -2.33. The highest BCUT2D eigenvalue weighted by Gasteiger charge is 2.41. The van der Waals surface area contributed by atoms with E-state index in [1.807, 2.05) is 6.07 Å². The molecule has 0 aliphatic carbocycles. The van der Waals surface area contributed by atoms with E-state index >= 15 is 0 Å². The largest absolute Gasteiger partial charge is 0.355 e. The average Bonchev–Trinajstić information content (AvgIpc) is 2.75. The monoisotopic (exact) mass is 467 g/mol. The Balaban J connectivity index is 1.70. The third-order valence-electron chi connectivity index (χ3n) is 8.28. The summed E-state index contributed by atoms with van der Waals surface area (Å²) in [4.78, 5) is 0. The fraction of sp³-hybridized carbons (Fsp3) is 0.438. The quantitative estimate of drug-likeness (QED) is 0.358. The fourth-order valence-corrected chi connectivity index (χ4v) is 5.76. The first-order valence-corrected chi connectivity index (χ1v) is 12.8. The van der Waals surface area contributed by atoms with Gasteiger partial charge in [0.15, 0.2) is 0 Å². The van der Waals surface area contributed by atoms with Crippen LogP contribution in [0.5, 0.6) is 0 Å². The Kier molecular flexibility index (Phi) is 4.88. The van der Waals surface area contributed by atoms with Crippen molar-refractivity contribution in [2.75, 3.05) is 10.4 Å². The SMILES string of the molecule is CC(C)(C)c1ccc2c(c1)C(C)(C)c1cc3c(cc1N2)N([O])c1ccc(C(C)(C)C)cc1C3(C)C. The van der Waals surface area contributed by atoms with Gasteiger partial charge in [0, 0.05) is 22.2 Å². The standard InChI is InChI=1S/C32H39N2O/c1-29(2,3)19-11-13-25-21(15-19)31(7,8)22-17-24-28(18-26(22)33-25)34(35)27-14-12-20(30(4,5)6)16-23(27)32(24,9)10/h11-18,33H,1-10H3. The van der Waals surface area contributed by atoms with E-state index in [1.54, 1.807) is 0 Å². The second kappa shape index (κ2) is 7.13. The minimum Gasteiger partial charge on any atom is -0.355 e. The number of fused-ring (bicyclic) bond motifs is 4. The van der Waals surface area contributed by atoms with Gasteiger partial charge in [0.2, 0.25) is 0 Å². The third-order valence-corrected chi connectivity index (χ3v) is 8.28. The maximum Gasteiger partial charge on any atom is 0.0788 e. The van der Waals surface area contributed by atoms with Crippen molar-refractivity contribution in [3.8, 4) is 0 Å². The molecule has 5 rings (SSSR count). The second-order valence-corrected chi connectivity index (χ2v) is 13.6. The summed E-state index contributed by atoms with van der Waals surface area (Å²) in [6.07, 6.45) is 0. The summed E-state index contributed by atoms with van der Waals surface area (Å²) in [6.45, 7) is 22.6. The molecule has 2 aliphatic rings. The summed E-state index contributed by atoms with van der Waals surface area (Å²) in [7, 11) is 0. The number of rotatable bonds is 0. The fourth-order valence-electron chi connectivity index (χ4n) is 5.76. The number of nitrogens with zero attached hydrogens (tertiary/aromatic N) is 1. The van der Waals surface area contributed by atoms with E-state index in [-0.39, 0.29) is 21.7 Å². The first-order valence-electron chi connectivity index (χ1n) is 12.8. The van der Waals surface area contributed by atoms with Crippen LogP contribution in [0.1, 0.15) is 103 Å². The molecule has 0 aromatic heterocycles. The molecule has 0 spiro atoms. The summed E-state index contributed by atoms with van der Waals surface area (Å²) < 4.78 is 0. The molecule has 3 aromatic carbocycles. The van der Waals surface area contributed by atoms with Crippen molar-refractivity contribution in [2.45, 2.75) is 90.9 Å². The molecule has 1 N–H and O–H groups in total. The molecule has 2 aliphatic heterocycles. The molecule has 0 saturated carbocycles. The summed E-state index contributed by atoms with van der Waals surface area (Å²) in [5.41, 5.74) is 10.6. The summed E-state index contributed by atoms with van der Waals surface area (Å²) >= 11 is 0. The lowest BCUT2D eigenvalue weighted by atomic mass is 9.68. The van der Waals surface area contributed by atoms with E-state index in [4.69, 9.17) is 0 Å². The van der Waals surface area contributed by atoms with Gasteiger partial charge in [-0.25, -0.2) is 0 Å². The Bertz CT molecular complexity index is 1350. The molecule has 3 nitrogen and oxygen atoms in total.